The second kappa shape index (κ2) is 3.79. The molecular weight excluding hydrogens is 279 g/mol. The van der Waals surface area contributed by atoms with E-state index in [1.807, 2.05) is 0 Å². The topological polar surface area (TPSA) is 66.8 Å². The third-order valence-corrected chi connectivity index (χ3v) is 3.79. The average molecular weight is 295 g/mol. The van der Waals surface area contributed by atoms with Gasteiger partial charge in [0.05, 0.1) is 6.54 Å². The summed E-state index contributed by atoms with van der Waals surface area (Å²) in [5, 5.41) is 9.07. The predicted molar refractivity (Wildman–Crippen MR) is 61.3 cm³/mol. The fourth-order valence-corrected chi connectivity index (χ4v) is 2.76. The molecule has 1 N–H and O–H groups in total. The lowest BCUT2D eigenvalue weighted by Crippen LogP contribution is -2.71. The molecule has 1 aliphatic heterocycles. The highest BCUT2D eigenvalue weighted by molar-refractivity contribution is 5.82. The van der Waals surface area contributed by atoms with Gasteiger partial charge in [-0.2, -0.15) is 0 Å². The first-order chi connectivity index (χ1) is 8.85. The van der Waals surface area contributed by atoms with Crippen LogP contribution in [-0.4, -0.2) is 52.4 Å². The first-order valence-corrected chi connectivity index (χ1v) is 6.13. The molecule has 0 aromatic carbocycles. The maximum Gasteiger partial charge on any atom is 0.410 e. The van der Waals surface area contributed by atoms with E-state index in [0.29, 0.717) is 4.90 Å². The molecule has 0 aromatic rings. The Morgan fingerprint density at radius 2 is 1.75 bits per heavy atom. The van der Waals surface area contributed by atoms with Crippen molar-refractivity contribution in [3.8, 4) is 0 Å². The molecule has 1 heterocycles. The molecule has 2 atom stereocenters. The van der Waals surface area contributed by atoms with Gasteiger partial charge in [-0.05, 0) is 20.8 Å². The van der Waals surface area contributed by atoms with Crippen LogP contribution < -0.4 is 0 Å². The molecule has 1 saturated carbocycles. The van der Waals surface area contributed by atoms with Gasteiger partial charge >= 0.3 is 12.1 Å². The van der Waals surface area contributed by atoms with Crippen LogP contribution in [0, 0.1) is 5.41 Å². The molecule has 20 heavy (non-hydrogen) atoms. The standard InChI is InChI=1S/C12H16F3NO4/c1-9(2,3)20-8(19)16-5-10(7(17)18)4-12(14,15)11(10,13)6-16/h4-6H2,1-3H3,(H,17,18). The number of carboxylic acid groups (broad SMARTS) is 1. The number of aliphatic carboxylic acids is 1. The van der Waals surface area contributed by atoms with Crippen LogP contribution in [0.5, 0.6) is 0 Å². The maximum absolute atomic E-state index is 14.4. The van der Waals surface area contributed by atoms with Crippen LogP contribution in [0.4, 0.5) is 18.0 Å². The number of halogens is 3. The lowest BCUT2D eigenvalue weighted by Gasteiger charge is -2.51. The SMILES string of the molecule is CC(C)(C)OC(=O)N1CC2(C(=O)O)CC(F)(F)C2(F)C1. The van der Waals surface area contributed by atoms with Crippen molar-refractivity contribution >= 4 is 12.1 Å². The second-order valence-electron chi connectivity index (χ2n) is 6.41. The number of alkyl halides is 3. The molecule has 1 amide bonds. The predicted octanol–water partition coefficient (Wildman–Crippen LogP) is 2.06. The quantitative estimate of drug-likeness (QED) is 0.804. The number of hydrogen-bond donors (Lipinski definition) is 1. The first kappa shape index (κ1) is 14.9. The highest BCUT2D eigenvalue weighted by Crippen LogP contribution is 2.65. The molecule has 0 aromatic heterocycles. The Balaban J connectivity index is 2.24. The summed E-state index contributed by atoms with van der Waals surface area (Å²) >= 11 is 0. The molecule has 1 aliphatic carbocycles. The number of carbonyl (C=O) groups excluding carboxylic acids is 1. The molecule has 1 saturated heterocycles. The molecular formula is C12H16F3NO4. The van der Waals surface area contributed by atoms with E-state index >= 15 is 0 Å². The minimum absolute atomic E-state index is 0.608. The molecule has 0 bridgehead atoms. The van der Waals surface area contributed by atoms with Crippen molar-refractivity contribution in [2.45, 2.75) is 44.4 Å². The third kappa shape index (κ3) is 1.76. The molecule has 0 radical (unpaired) electrons. The van der Waals surface area contributed by atoms with Crippen molar-refractivity contribution in [2.24, 2.45) is 5.41 Å². The summed E-state index contributed by atoms with van der Waals surface area (Å²) in [7, 11) is 0. The van der Waals surface area contributed by atoms with Crippen LogP contribution in [0.2, 0.25) is 0 Å². The van der Waals surface area contributed by atoms with E-state index in [4.69, 9.17) is 9.84 Å². The summed E-state index contributed by atoms with van der Waals surface area (Å²) in [6.45, 7) is 3.14. The van der Waals surface area contributed by atoms with Gasteiger partial charge in [-0.15, -0.1) is 0 Å². The van der Waals surface area contributed by atoms with Gasteiger partial charge in [0.1, 0.15) is 11.0 Å². The molecule has 5 nitrogen and oxygen atoms in total. The van der Waals surface area contributed by atoms with Crippen molar-refractivity contribution in [1.82, 2.24) is 4.90 Å². The zero-order valence-corrected chi connectivity index (χ0v) is 11.4. The van der Waals surface area contributed by atoms with E-state index < -0.39 is 54.2 Å². The van der Waals surface area contributed by atoms with E-state index in [2.05, 4.69) is 0 Å². The van der Waals surface area contributed by atoms with Gasteiger partial charge in [-0.1, -0.05) is 0 Å². The van der Waals surface area contributed by atoms with Crippen molar-refractivity contribution in [3.05, 3.63) is 0 Å². The number of amides is 1. The van der Waals surface area contributed by atoms with Gasteiger partial charge in [-0.25, -0.2) is 18.0 Å². The molecule has 2 fully saturated rings. The summed E-state index contributed by atoms with van der Waals surface area (Å²) < 4.78 is 46.3. The van der Waals surface area contributed by atoms with Gasteiger partial charge in [0.2, 0.25) is 5.67 Å². The molecule has 2 aliphatic rings. The Labute approximate surface area is 113 Å². The number of rotatable bonds is 1. The van der Waals surface area contributed by atoms with Gasteiger partial charge in [0.15, 0.2) is 0 Å². The summed E-state index contributed by atoms with van der Waals surface area (Å²) in [5.74, 6) is -5.40. The van der Waals surface area contributed by atoms with E-state index in [0.717, 1.165) is 0 Å². The molecule has 2 rings (SSSR count). The minimum Gasteiger partial charge on any atom is -0.481 e. The Morgan fingerprint density at radius 3 is 2.10 bits per heavy atom. The zero-order valence-electron chi connectivity index (χ0n) is 11.4. The lowest BCUT2D eigenvalue weighted by atomic mass is 9.57. The van der Waals surface area contributed by atoms with Crippen LogP contribution >= 0.6 is 0 Å². The fraction of sp³-hybridized carbons (Fsp3) is 0.833. The summed E-state index contributed by atoms with van der Waals surface area (Å²) in [6, 6.07) is 0. The van der Waals surface area contributed by atoms with Crippen molar-refractivity contribution in [1.29, 1.82) is 0 Å². The second-order valence-corrected chi connectivity index (χ2v) is 6.41. The Bertz CT molecular complexity index is 476. The fourth-order valence-electron chi connectivity index (χ4n) is 2.76. The number of likely N-dealkylation sites (tertiary alicyclic amines) is 1. The molecule has 114 valence electrons. The van der Waals surface area contributed by atoms with E-state index in [1.165, 1.54) is 0 Å². The smallest absolute Gasteiger partial charge is 0.410 e. The van der Waals surface area contributed by atoms with Crippen LogP contribution in [0.15, 0.2) is 0 Å². The molecule has 8 heteroatoms. The van der Waals surface area contributed by atoms with Crippen molar-refractivity contribution in [3.63, 3.8) is 0 Å². The van der Waals surface area contributed by atoms with Crippen LogP contribution in [0.25, 0.3) is 0 Å². The highest BCUT2D eigenvalue weighted by Gasteiger charge is 2.85. The van der Waals surface area contributed by atoms with E-state index in [9.17, 15) is 22.8 Å². The number of fused-ring (bicyclic) bond motifs is 1. The normalized spacial score (nSPS) is 35.2. The van der Waals surface area contributed by atoms with Gasteiger partial charge in [0.25, 0.3) is 5.92 Å². The summed E-state index contributed by atoms with van der Waals surface area (Å²) in [6.07, 6.45) is -2.09. The monoisotopic (exact) mass is 295 g/mol. The summed E-state index contributed by atoms with van der Waals surface area (Å²) in [4.78, 5) is 23.7. The summed E-state index contributed by atoms with van der Waals surface area (Å²) in [5.41, 5.74) is -6.35. The minimum atomic E-state index is -3.75. The third-order valence-electron chi connectivity index (χ3n) is 3.79. The lowest BCUT2D eigenvalue weighted by molar-refractivity contribution is -0.273. The van der Waals surface area contributed by atoms with E-state index in [1.54, 1.807) is 20.8 Å². The van der Waals surface area contributed by atoms with Gasteiger partial charge in [0, 0.05) is 13.0 Å². The Kier molecular flexibility index (Phi) is 2.83. The first-order valence-electron chi connectivity index (χ1n) is 6.13. The molecule has 2 unspecified atom stereocenters. The number of carboxylic acids is 1. The van der Waals surface area contributed by atoms with Gasteiger partial charge in [-0.3, -0.25) is 4.79 Å². The maximum atomic E-state index is 14.4. The van der Waals surface area contributed by atoms with Crippen LogP contribution in [-0.2, 0) is 9.53 Å². The van der Waals surface area contributed by atoms with Crippen LogP contribution in [0.3, 0.4) is 0 Å². The number of ether oxygens (including phenoxy) is 1. The number of nitrogens with zero attached hydrogens (tertiary/aromatic N) is 1. The van der Waals surface area contributed by atoms with Crippen molar-refractivity contribution < 1.29 is 32.6 Å². The van der Waals surface area contributed by atoms with Gasteiger partial charge < -0.3 is 14.7 Å². The highest BCUT2D eigenvalue weighted by atomic mass is 19.3. The number of carbonyl (C=O) groups is 2. The average Bonchev–Trinajstić information content (AvgIpc) is 2.48. The Hall–Kier alpha value is -1.47. The largest absolute Gasteiger partial charge is 0.481 e. The number of hydrogen-bond acceptors (Lipinski definition) is 3. The zero-order chi connectivity index (χ0) is 15.6. The van der Waals surface area contributed by atoms with E-state index in [-0.39, 0.29) is 0 Å². The molecule has 0 spiro atoms. The Morgan fingerprint density at radius 1 is 1.20 bits per heavy atom. The van der Waals surface area contributed by atoms with Crippen LogP contribution in [0.1, 0.15) is 27.2 Å². The van der Waals surface area contributed by atoms with Crippen molar-refractivity contribution in [2.75, 3.05) is 13.1 Å².